The van der Waals surface area contributed by atoms with Crippen molar-refractivity contribution in [1.82, 2.24) is 0 Å². The van der Waals surface area contributed by atoms with Crippen LogP contribution >= 0.6 is 0 Å². The zero-order chi connectivity index (χ0) is 13.5. The van der Waals surface area contributed by atoms with Gasteiger partial charge in [-0.15, -0.1) is 0 Å². The summed E-state index contributed by atoms with van der Waals surface area (Å²) >= 11 is 0. The van der Waals surface area contributed by atoms with Crippen molar-refractivity contribution in [1.29, 1.82) is 0 Å². The number of hydrogen-bond donors (Lipinski definition) is 1. The number of benzene rings is 1. The van der Waals surface area contributed by atoms with Crippen LogP contribution in [0.25, 0.3) is 0 Å². The zero-order valence-corrected chi connectivity index (χ0v) is 11.4. The van der Waals surface area contributed by atoms with E-state index in [1.165, 1.54) is 11.1 Å². The highest BCUT2D eigenvalue weighted by Gasteiger charge is 2.04. The fourth-order valence-electron chi connectivity index (χ4n) is 1.73. The molecule has 0 aromatic heterocycles. The Kier molecular flexibility index (Phi) is 5.69. The summed E-state index contributed by atoms with van der Waals surface area (Å²) in [4.78, 5) is 10.5. The van der Waals surface area contributed by atoms with E-state index in [0.717, 1.165) is 18.8 Å². The van der Waals surface area contributed by atoms with Gasteiger partial charge in [-0.25, -0.2) is 0 Å². The molecule has 0 aliphatic carbocycles. The van der Waals surface area contributed by atoms with Gasteiger partial charge in [0, 0.05) is 6.42 Å². The molecule has 0 bridgehead atoms. The molecule has 0 spiro atoms. The minimum Gasteiger partial charge on any atom is -0.493 e. The summed E-state index contributed by atoms with van der Waals surface area (Å²) in [5.74, 6) is 0.674. The van der Waals surface area contributed by atoms with Crippen molar-refractivity contribution in [3.05, 3.63) is 29.3 Å². The lowest BCUT2D eigenvalue weighted by molar-refractivity contribution is -0.137. The van der Waals surface area contributed by atoms with Gasteiger partial charge in [0.05, 0.1) is 6.61 Å². The largest absolute Gasteiger partial charge is 0.493 e. The SMILES string of the molecule is Cc1cc(OCC(C)C)ccc1CCCC(=O)O. The van der Waals surface area contributed by atoms with Gasteiger partial charge < -0.3 is 9.84 Å². The Morgan fingerprint density at radius 2 is 2.11 bits per heavy atom. The number of hydrogen-bond acceptors (Lipinski definition) is 2. The maximum absolute atomic E-state index is 10.5. The second-order valence-corrected chi connectivity index (χ2v) is 5.04. The first kappa shape index (κ1) is 14.6. The predicted molar refractivity (Wildman–Crippen MR) is 72.1 cm³/mol. The summed E-state index contributed by atoms with van der Waals surface area (Å²) in [6.07, 6.45) is 1.72. The fourth-order valence-corrected chi connectivity index (χ4v) is 1.73. The molecule has 1 rings (SSSR count). The van der Waals surface area contributed by atoms with E-state index in [1.54, 1.807) is 0 Å². The van der Waals surface area contributed by atoms with Gasteiger partial charge in [-0.05, 0) is 48.9 Å². The molecule has 1 N–H and O–H groups in total. The topological polar surface area (TPSA) is 46.5 Å². The van der Waals surface area contributed by atoms with Crippen LogP contribution in [0, 0.1) is 12.8 Å². The molecule has 1 aromatic rings. The van der Waals surface area contributed by atoms with Crippen LogP contribution in [0.1, 0.15) is 37.8 Å². The smallest absolute Gasteiger partial charge is 0.303 e. The van der Waals surface area contributed by atoms with Crippen molar-refractivity contribution in [3.63, 3.8) is 0 Å². The highest BCUT2D eigenvalue weighted by molar-refractivity contribution is 5.66. The van der Waals surface area contributed by atoms with Gasteiger partial charge in [-0.1, -0.05) is 19.9 Å². The summed E-state index contributed by atoms with van der Waals surface area (Å²) in [6.45, 7) is 7.00. The number of carboxylic acid groups (broad SMARTS) is 1. The molecule has 0 atom stereocenters. The summed E-state index contributed by atoms with van der Waals surface area (Å²) in [5, 5.41) is 8.61. The zero-order valence-electron chi connectivity index (χ0n) is 11.4. The van der Waals surface area contributed by atoms with E-state index in [4.69, 9.17) is 9.84 Å². The summed E-state index contributed by atoms with van der Waals surface area (Å²) in [5.41, 5.74) is 2.37. The lowest BCUT2D eigenvalue weighted by Crippen LogP contribution is -2.05. The van der Waals surface area contributed by atoms with Crippen molar-refractivity contribution in [2.24, 2.45) is 5.92 Å². The maximum Gasteiger partial charge on any atom is 0.303 e. The third-order valence-corrected chi connectivity index (χ3v) is 2.73. The molecule has 0 radical (unpaired) electrons. The Hall–Kier alpha value is -1.51. The lowest BCUT2D eigenvalue weighted by Gasteiger charge is -2.11. The third-order valence-electron chi connectivity index (χ3n) is 2.73. The Bertz CT molecular complexity index is 397. The van der Waals surface area contributed by atoms with Crippen molar-refractivity contribution in [2.75, 3.05) is 6.61 Å². The van der Waals surface area contributed by atoms with Crippen LogP contribution in [-0.2, 0) is 11.2 Å². The molecule has 0 heterocycles. The first-order chi connectivity index (χ1) is 8.49. The number of ether oxygens (including phenoxy) is 1. The van der Waals surface area contributed by atoms with Crippen LogP contribution < -0.4 is 4.74 Å². The average molecular weight is 250 g/mol. The van der Waals surface area contributed by atoms with Gasteiger partial charge in [0.1, 0.15) is 5.75 Å². The molecule has 18 heavy (non-hydrogen) atoms. The van der Waals surface area contributed by atoms with Crippen LogP contribution in [0.3, 0.4) is 0 Å². The Morgan fingerprint density at radius 1 is 1.39 bits per heavy atom. The van der Waals surface area contributed by atoms with Crippen molar-refractivity contribution < 1.29 is 14.6 Å². The second-order valence-electron chi connectivity index (χ2n) is 5.04. The van der Waals surface area contributed by atoms with E-state index < -0.39 is 5.97 Å². The van der Waals surface area contributed by atoms with Gasteiger partial charge in [0.15, 0.2) is 0 Å². The van der Waals surface area contributed by atoms with Crippen LogP contribution in [-0.4, -0.2) is 17.7 Å². The first-order valence-corrected chi connectivity index (χ1v) is 6.43. The molecule has 0 aliphatic rings. The monoisotopic (exact) mass is 250 g/mol. The predicted octanol–water partition coefficient (Wildman–Crippen LogP) is 3.44. The number of carbonyl (C=O) groups is 1. The highest BCUT2D eigenvalue weighted by atomic mass is 16.5. The molecule has 0 fully saturated rings. The average Bonchev–Trinajstić information content (AvgIpc) is 2.28. The van der Waals surface area contributed by atoms with Gasteiger partial charge >= 0.3 is 5.97 Å². The van der Waals surface area contributed by atoms with E-state index in [9.17, 15) is 4.79 Å². The van der Waals surface area contributed by atoms with Crippen molar-refractivity contribution >= 4 is 5.97 Å². The third kappa shape index (κ3) is 5.21. The summed E-state index contributed by atoms with van der Waals surface area (Å²) < 4.78 is 5.65. The first-order valence-electron chi connectivity index (χ1n) is 6.43. The lowest BCUT2D eigenvalue weighted by atomic mass is 10.0. The van der Waals surface area contributed by atoms with Crippen LogP contribution in [0.4, 0.5) is 0 Å². The molecular weight excluding hydrogens is 228 g/mol. The number of carboxylic acids is 1. The number of aliphatic carboxylic acids is 1. The molecule has 0 saturated heterocycles. The van der Waals surface area contributed by atoms with E-state index in [2.05, 4.69) is 13.8 Å². The van der Waals surface area contributed by atoms with Crippen molar-refractivity contribution in [2.45, 2.75) is 40.0 Å². The molecule has 100 valence electrons. The van der Waals surface area contributed by atoms with E-state index in [1.807, 2.05) is 25.1 Å². The van der Waals surface area contributed by atoms with Crippen LogP contribution in [0.15, 0.2) is 18.2 Å². The molecule has 3 nitrogen and oxygen atoms in total. The Labute approximate surface area is 109 Å². The van der Waals surface area contributed by atoms with Crippen LogP contribution in [0.5, 0.6) is 5.75 Å². The molecule has 0 saturated carbocycles. The van der Waals surface area contributed by atoms with Crippen LogP contribution in [0.2, 0.25) is 0 Å². The maximum atomic E-state index is 10.5. The van der Waals surface area contributed by atoms with Crippen molar-refractivity contribution in [3.8, 4) is 5.75 Å². The molecule has 0 unspecified atom stereocenters. The quantitative estimate of drug-likeness (QED) is 0.806. The van der Waals surface area contributed by atoms with E-state index in [-0.39, 0.29) is 6.42 Å². The minimum atomic E-state index is -0.732. The molecular formula is C15H22O3. The standard InChI is InChI=1S/C15H22O3/c1-11(2)10-18-14-8-7-13(12(3)9-14)5-4-6-15(16)17/h7-9,11H,4-6,10H2,1-3H3,(H,16,17). The van der Waals surface area contributed by atoms with Gasteiger partial charge in [0.2, 0.25) is 0 Å². The Morgan fingerprint density at radius 3 is 2.67 bits per heavy atom. The molecule has 3 heteroatoms. The molecule has 0 aliphatic heterocycles. The number of aryl methyl sites for hydroxylation is 2. The fraction of sp³-hybridized carbons (Fsp3) is 0.533. The number of rotatable bonds is 7. The summed E-state index contributed by atoms with van der Waals surface area (Å²) in [6, 6.07) is 6.02. The normalized spacial score (nSPS) is 10.7. The minimum absolute atomic E-state index is 0.227. The molecule has 1 aromatic carbocycles. The van der Waals surface area contributed by atoms with Gasteiger partial charge in [0.25, 0.3) is 0 Å². The van der Waals surface area contributed by atoms with Gasteiger partial charge in [-0.3, -0.25) is 4.79 Å². The second kappa shape index (κ2) is 7.04. The van der Waals surface area contributed by atoms with Gasteiger partial charge in [-0.2, -0.15) is 0 Å². The highest BCUT2D eigenvalue weighted by Crippen LogP contribution is 2.19. The molecule has 0 amide bonds. The Balaban J connectivity index is 2.53. The van der Waals surface area contributed by atoms with E-state index >= 15 is 0 Å². The van der Waals surface area contributed by atoms with E-state index in [0.29, 0.717) is 12.3 Å². The summed E-state index contributed by atoms with van der Waals surface area (Å²) in [7, 11) is 0.